The van der Waals surface area contributed by atoms with Gasteiger partial charge in [0, 0.05) is 26.4 Å². The maximum absolute atomic E-state index is 12.6. The zero-order valence-electron chi connectivity index (χ0n) is 30.0. The number of carboxylic acid groups (broad SMARTS) is 2. The number of hydrogen-bond donors (Lipinski definition) is 9. The molecule has 3 fully saturated rings. The number of ether oxygens (including phenoxy) is 6. The van der Waals surface area contributed by atoms with E-state index >= 15 is 0 Å². The zero-order valence-corrected chi connectivity index (χ0v) is 34.0. The first kappa shape index (κ1) is 49.2. The Morgan fingerprint density at radius 3 is 2.24 bits per heavy atom. The second-order valence-corrected chi connectivity index (χ2v) is 12.8. The van der Waals surface area contributed by atoms with Crippen molar-refractivity contribution in [3.8, 4) is 0 Å². The number of hydrogen-bond acceptors (Lipinski definition) is 19. The molecular formula is C32H45NNa2O19. The molecule has 0 aromatic heterocycles. The maximum Gasteiger partial charge on any atom is 1.00 e. The van der Waals surface area contributed by atoms with Gasteiger partial charge in [-0.05, 0) is 12.0 Å². The van der Waals surface area contributed by atoms with Gasteiger partial charge in [0.25, 0.3) is 0 Å². The predicted octanol–water partition coefficient (Wildman–Crippen LogP) is -13.5. The van der Waals surface area contributed by atoms with Crippen molar-refractivity contribution in [2.75, 3.05) is 26.4 Å². The summed E-state index contributed by atoms with van der Waals surface area (Å²) in [6, 6.07) is 7.03. The van der Waals surface area contributed by atoms with E-state index in [2.05, 4.69) is 5.32 Å². The average molecular weight is 794 g/mol. The van der Waals surface area contributed by atoms with Crippen molar-refractivity contribution in [3.63, 3.8) is 0 Å². The summed E-state index contributed by atoms with van der Waals surface area (Å²) in [5.74, 6) is -7.53. The first-order valence-corrected chi connectivity index (χ1v) is 16.6. The van der Waals surface area contributed by atoms with E-state index in [0.717, 1.165) is 6.92 Å². The minimum Gasteiger partial charge on any atom is -0.547 e. The van der Waals surface area contributed by atoms with E-state index in [1.165, 1.54) is 0 Å². The Bertz CT molecular complexity index is 1340. The Morgan fingerprint density at radius 1 is 1.00 bits per heavy atom. The molecule has 3 aliphatic rings. The largest absolute Gasteiger partial charge is 1.00 e. The molecule has 54 heavy (non-hydrogen) atoms. The van der Waals surface area contributed by atoms with E-state index in [-0.39, 0.29) is 78.6 Å². The molecule has 0 spiro atoms. The van der Waals surface area contributed by atoms with Crippen LogP contribution in [0, 0.1) is 0 Å². The maximum atomic E-state index is 12.6. The van der Waals surface area contributed by atoms with Gasteiger partial charge in [-0.3, -0.25) is 4.79 Å². The van der Waals surface area contributed by atoms with Crippen LogP contribution in [-0.4, -0.2) is 176 Å². The zero-order chi connectivity index (χ0) is 38.3. The van der Waals surface area contributed by atoms with Crippen LogP contribution in [0.2, 0.25) is 0 Å². The van der Waals surface area contributed by atoms with Gasteiger partial charge >= 0.3 is 59.1 Å². The van der Waals surface area contributed by atoms with Gasteiger partial charge in [0.05, 0.1) is 44.0 Å². The third-order valence-corrected chi connectivity index (χ3v) is 9.11. The number of carbonyl (C=O) groups excluding carboxylic acids is 3. The van der Waals surface area contributed by atoms with Gasteiger partial charge < -0.3 is 94.4 Å². The number of aliphatic hydroxyl groups is 8. The second kappa shape index (κ2) is 22.3. The molecule has 0 aliphatic carbocycles. The molecule has 294 valence electrons. The molecule has 0 radical (unpaired) electrons. The van der Waals surface area contributed by atoms with Gasteiger partial charge in [0.2, 0.25) is 11.7 Å². The molecule has 20 nitrogen and oxygen atoms in total. The van der Waals surface area contributed by atoms with Crippen LogP contribution >= 0.6 is 0 Å². The van der Waals surface area contributed by atoms with Gasteiger partial charge in [0.1, 0.15) is 67.0 Å². The Balaban J connectivity index is 0.00000504. The van der Waals surface area contributed by atoms with Crippen LogP contribution in [-0.2, 0) is 49.2 Å². The third-order valence-electron chi connectivity index (χ3n) is 9.11. The normalized spacial score (nSPS) is 35.7. The van der Waals surface area contributed by atoms with Crippen molar-refractivity contribution < 1.29 is 153 Å². The number of rotatable bonds is 16. The topological polar surface area (TPSA) is 327 Å². The molecule has 0 unspecified atom stereocenters. The summed E-state index contributed by atoms with van der Waals surface area (Å²) in [4.78, 5) is 36.2. The Morgan fingerprint density at radius 2 is 1.67 bits per heavy atom. The second-order valence-electron chi connectivity index (χ2n) is 12.8. The minimum absolute atomic E-state index is 0. The molecule has 15 atom stereocenters. The molecule has 22 heteroatoms. The summed E-state index contributed by atoms with van der Waals surface area (Å²) >= 11 is 0. The summed E-state index contributed by atoms with van der Waals surface area (Å²) in [7, 11) is 0. The minimum atomic E-state index is -3.10. The number of aliphatic hydroxyl groups excluding tert-OH is 8. The van der Waals surface area contributed by atoms with E-state index in [9.17, 15) is 65.4 Å². The number of carbonyl (C=O) groups is 3. The van der Waals surface area contributed by atoms with Crippen LogP contribution in [0.25, 0.3) is 0 Å². The molecular weight excluding hydrogens is 748 g/mol. The Hall–Kier alpha value is -0.930. The first-order valence-electron chi connectivity index (χ1n) is 16.6. The van der Waals surface area contributed by atoms with Gasteiger partial charge in [-0.2, -0.15) is 0 Å². The van der Waals surface area contributed by atoms with Gasteiger partial charge in [-0.25, -0.2) is 0 Å². The molecule has 4 rings (SSSR count). The number of nitrogens with one attached hydrogen (secondary N) is 1. The predicted molar refractivity (Wildman–Crippen MR) is 163 cm³/mol. The molecule has 0 saturated carbocycles. The summed E-state index contributed by atoms with van der Waals surface area (Å²) in [5.41, 5.74) is 0.652. The van der Waals surface area contributed by atoms with Crippen molar-refractivity contribution in [1.29, 1.82) is 0 Å². The fourth-order valence-corrected chi connectivity index (χ4v) is 6.33. The van der Waals surface area contributed by atoms with Crippen LogP contribution in [0.1, 0.15) is 25.3 Å². The first-order chi connectivity index (χ1) is 24.6. The molecule has 1 amide bonds. The van der Waals surface area contributed by atoms with Crippen molar-refractivity contribution >= 4 is 17.8 Å². The number of carboxylic acids is 2. The van der Waals surface area contributed by atoms with Crippen molar-refractivity contribution in [1.82, 2.24) is 5.32 Å². The summed E-state index contributed by atoms with van der Waals surface area (Å²) in [6.45, 7) is -1.40. The van der Waals surface area contributed by atoms with Gasteiger partial charge in [-0.15, -0.1) is 0 Å². The molecule has 1 aromatic rings. The van der Waals surface area contributed by atoms with E-state index in [1.54, 1.807) is 30.3 Å². The van der Waals surface area contributed by atoms with E-state index < -0.39 is 135 Å². The SMILES string of the molecule is CC(=O)N[C@H]1[C@H]([C@H](O)[C@H](O)CO)O[C@@](O[C@H]2[C@@H](O)[C@@H](CO)O[C@@H](O[C@@H]3CCO[C@H](CO[C@@H](Cc4ccccc4)C(=O)[O-])[C@@H]3O)[C@@H]2O)(C(=O)[O-])C[C@@H]1O.[Na+].[Na+]. The smallest absolute Gasteiger partial charge is 0.547 e. The van der Waals surface area contributed by atoms with E-state index in [4.69, 9.17) is 28.4 Å². The molecule has 3 aliphatic heterocycles. The van der Waals surface area contributed by atoms with Gasteiger partial charge in [-0.1, -0.05) is 30.3 Å². The van der Waals surface area contributed by atoms with Crippen LogP contribution in [0.15, 0.2) is 30.3 Å². The van der Waals surface area contributed by atoms with E-state index in [0.29, 0.717) is 5.56 Å². The standard InChI is InChI=1S/C32H47NO19.2Na/c1-14(36)33-22-16(37)10-32(31(45)46,51-27(22)23(39)17(38)11-34)52-28-25(41)20(12-35)50-30(26(28)42)49-18-7-8-47-21(24(18)40)13-48-19(29(43)44)9-15-5-3-2-4-6-15;;/h2-6,16-28,30,34-35,37-42H,7-13H2,1H3,(H,33,36)(H,43,44)(H,45,46);;/q;2*+1/p-2/t16-,17+,18+,19-,20+,21+,22+,23+,24+,25-,26+,27+,28-,30+,32-;;/m0../s1. The van der Waals surface area contributed by atoms with Crippen LogP contribution in [0.3, 0.4) is 0 Å². The molecule has 3 heterocycles. The average Bonchev–Trinajstić information content (AvgIpc) is 3.11. The quantitative estimate of drug-likeness (QED) is 0.0702. The molecule has 3 saturated heterocycles. The number of benzene rings is 1. The number of amides is 1. The number of aliphatic carboxylic acids is 2. The van der Waals surface area contributed by atoms with Crippen LogP contribution in [0.5, 0.6) is 0 Å². The monoisotopic (exact) mass is 793 g/mol. The Kier molecular flexibility index (Phi) is 20.3. The third kappa shape index (κ3) is 12.1. The summed E-state index contributed by atoms with van der Waals surface area (Å²) in [6.07, 6.45) is -23.9. The summed E-state index contributed by atoms with van der Waals surface area (Å²) < 4.78 is 33.6. The van der Waals surface area contributed by atoms with Crippen molar-refractivity contribution in [2.24, 2.45) is 0 Å². The molecule has 1 aromatic carbocycles. The molecule has 9 N–H and O–H groups in total. The van der Waals surface area contributed by atoms with Crippen molar-refractivity contribution in [2.45, 2.75) is 118 Å². The Labute approximate surface area is 353 Å². The fourth-order valence-electron chi connectivity index (χ4n) is 6.33. The van der Waals surface area contributed by atoms with E-state index in [1.807, 2.05) is 0 Å². The summed E-state index contributed by atoms with van der Waals surface area (Å²) in [5, 5.41) is 111. The van der Waals surface area contributed by atoms with Gasteiger partial charge in [0.15, 0.2) is 6.29 Å². The molecule has 0 bridgehead atoms. The fraction of sp³-hybridized carbons (Fsp3) is 0.719. The van der Waals surface area contributed by atoms with Crippen molar-refractivity contribution in [3.05, 3.63) is 35.9 Å². The van der Waals surface area contributed by atoms with Crippen LogP contribution < -0.4 is 74.6 Å². The van der Waals surface area contributed by atoms with Crippen LogP contribution in [0.4, 0.5) is 0 Å².